The van der Waals surface area contributed by atoms with Gasteiger partial charge in [0, 0.05) is 31.3 Å². The van der Waals surface area contributed by atoms with Crippen molar-refractivity contribution in [2.45, 2.75) is 39.8 Å². The molecule has 0 aliphatic heterocycles. The molecule has 1 aliphatic carbocycles. The minimum atomic E-state index is -3.03. The summed E-state index contributed by atoms with van der Waals surface area (Å²) >= 11 is 0. The first-order valence-electron chi connectivity index (χ1n) is 9.67. The van der Waals surface area contributed by atoms with Crippen LogP contribution in [-0.2, 0) is 13.0 Å². The molecule has 166 valence electrons. The summed E-state index contributed by atoms with van der Waals surface area (Å²) in [5.41, 5.74) is 0.410. The molecule has 1 aliphatic rings. The summed E-state index contributed by atoms with van der Waals surface area (Å²) in [6.45, 7) is 0.889. The number of Topliss-reactive ketones (excluding diaryl/α,β-unsaturated/α-hetero) is 1. The van der Waals surface area contributed by atoms with Crippen LogP contribution in [0.15, 0.2) is 29.1 Å². The van der Waals surface area contributed by atoms with E-state index in [9.17, 15) is 23.2 Å². The number of nitrogens with one attached hydrogen (secondary N) is 1. The van der Waals surface area contributed by atoms with Crippen LogP contribution in [0.4, 0.5) is 8.78 Å². The van der Waals surface area contributed by atoms with Gasteiger partial charge in [0.1, 0.15) is 5.56 Å². The lowest BCUT2D eigenvalue weighted by molar-refractivity contribution is -0.0512. The summed E-state index contributed by atoms with van der Waals surface area (Å²) in [6.07, 6.45) is 0.862. The lowest BCUT2D eigenvalue weighted by Crippen LogP contribution is -2.35. The van der Waals surface area contributed by atoms with Crippen LogP contribution in [0, 0.1) is 5.41 Å². The number of fused-ring (bicyclic) bond motifs is 1. The smallest absolute Gasteiger partial charge is 0.387 e. The maximum atomic E-state index is 12.9. The minimum Gasteiger partial charge on any atom is -0.493 e. The third kappa shape index (κ3) is 4.92. The van der Waals surface area contributed by atoms with Gasteiger partial charge in [0.2, 0.25) is 0 Å². The standard InChI is InChI=1S/C22H24F2N2O5/c1-22(2)9-15-13(16(27)10-22)8-14(19(28)25-15)20(29)26(3)11-12-5-6-17(30-4)18(7-12)31-21(23)24/h5-8,21H,9-11H2,1-4H3,(H,25,28). The number of nitrogens with zero attached hydrogens (tertiary/aromatic N) is 1. The number of pyridine rings is 1. The molecule has 31 heavy (non-hydrogen) atoms. The monoisotopic (exact) mass is 434 g/mol. The van der Waals surface area contributed by atoms with Gasteiger partial charge in [-0.1, -0.05) is 19.9 Å². The summed E-state index contributed by atoms with van der Waals surface area (Å²) in [6, 6.07) is 5.75. The number of ether oxygens (including phenoxy) is 2. The predicted octanol–water partition coefficient (Wildman–Crippen LogP) is 3.41. The number of H-pyrrole nitrogens is 1. The molecule has 0 unspecified atom stereocenters. The number of halogens is 2. The van der Waals surface area contributed by atoms with Gasteiger partial charge >= 0.3 is 6.61 Å². The van der Waals surface area contributed by atoms with Gasteiger partial charge in [0.15, 0.2) is 17.3 Å². The molecular weight excluding hydrogens is 410 g/mol. The van der Waals surface area contributed by atoms with Crippen LogP contribution in [-0.4, -0.2) is 42.3 Å². The number of aromatic amines is 1. The number of carbonyl (C=O) groups is 2. The fourth-order valence-electron chi connectivity index (χ4n) is 3.75. The Labute approximate surface area is 178 Å². The Hall–Kier alpha value is -3.23. The van der Waals surface area contributed by atoms with Crippen molar-refractivity contribution >= 4 is 11.7 Å². The average Bonchev–Trinajstić information content (AvgIpc) is 2.65. The van der Waals surface area contributed by atoms with Gasteiger partial charge in [-0.2, -0.15) is 8.78 Å². The van der Waals surface area contributed by atoms with Crippen molar-refractivity contribution in [2.24, 2.45) is 5.41 Å². The van der Waals surface area contributed by atoms with Crippen molar-refractivity contribution in [3.63, 3.8) is 0 Å². The molecule has 9 heteroatoms. The van der Waals surface area contributed by atoms with Crippen LogP contribution in [0.1, 0.15) is 52.2 Å². The minimum absolute atomic E-state index is 0.0277. The molecule has 7 nitrogen and oxygen atoms in total. The van der Waals surface area contributed by atoms with E-state index in [0.29, 0.717) is 29.7 Å². The zero-order valence-corrected chi connectivity index (χ0v) is 17.8. The molecule has 3 rings (SSSR count). The van der Waals surface area contributed by atoms with Gasteiger partial charge in [-0.15, -0.1) is 0 Å². The van der Waals surface area contributed by atoms with Crippen molar-refractivity contribution in [1.82, 2.24) is 9.88 Å². The van der Waals surface area contributed by atoms with Gasteiger partial charge in [-0.05, 0) is 35.6 Å². The van der Waals surface area contributed by atoms with E-state index in [0.717, 1.165) is 0 Å². The quantitative estimate of drug-likeness (QED) is 0.753. The second-order valence-electron chi connectivity index (χ2n) is 8.37. The Kier molecular flexibility index (Phi) is 6.15. The topological polar surface area (TPSA) is 88.7 Å². The third-order valence-corrected chi connectivity index (χ3v) is 5.16. The van der Waals surface area contributed by atoms with E-state index in [1.54, 1.807) is 6.07 Å². The highest BCUT2D eigenvalue weighted by Crippen LogP contribution is 2.33. The molecule has 1 heterocycles. The Balaban J connectivity index is 1.85. The lowest BCUT2D eigenvalue weighted by atomic mass is 9.75. The predicted molar refractivity (Wildman–Crippen MR) is 109 cm³/mol. The fraction of sp³-hybridized carbons (Fsp3) is 0.409. The normalized spacial score (nSPS) is 14.9. The van der Waals surface area contributed by atoms with Gasteiger partial charge in [0.25, 0.3) is 11.5 Å². The molecule has 0 radical (unpaired) electrons. The number of methoxy groups -OCH3 is 1. The second kappa shape index (κ2) is 8.49. The maximum absolute atomic E-state index is 12.9. The largest absolute Gasteiger partial charge is 0.493 e. The Bertz CT molecular complexity index is 1080. The first kappa shape index (κ1) is 22.5. The third-order valence-electron chi connectivity index (χ3n) is 5.16. The molecule has 0 spiro atoms. The molecule has 0 atom stereocenters. The summed E-state index contributed by atoms with van der Waals surface area (Å²) in [4.78, 5) is 41.9. The number of amides is 1. The SMILES string of the molecule is COc1ccc(CN(C)C(=O)c2cc3c([nH]c2=O)CC(C)(C)CC3=O)cc1OC(F)F. The van der Waals surface area contributed by atoms with Crippen molar-refractivity contribution in [2.75, 3.05) is 14.2 Å². The lowest BCUT2D eigenvalue weighted by Gasteiger charge is -2.30. The zero-order chi connectivity index (χ0) is 22.9. The average molecular weight is 434 g/mol. The summed E-state index contributed by atoms with van der Waals surface area (Å²) in [5.74, 6) is -0.738. The van der Waals surface area contributed by atoms with Gasteiger partial charge in [0.05, 0.1) is 7.11 Å². The van der Waals surface area contributed by atoms with Crippen LogP contribution in [0.25, 0.3) is 0 Å². The molecule has 1 aromatic heterocycles. The van der Waals surface area contributed by atoms with Crippen molar-refractivity contribution in [3.8, 4) is 11.5 Å². The first-order chi connectivity index (χ1) is 14.5. The van der Waals surface area contributed by atoms with E-state index in [1.165, 1.54) is 37.3 Å². The molecule has 1 N–H and O–H groups in total. The Morgan fingerprint density at radius 3 is 2.55 bits per heavy atom. The number of carbonyl (C=O) groups excluding carboxylic acids is 2. The Morgan fingerprint density at radius 1 is 1.19 bits per heavy atom. The van der Waals surface area contributed by atoms with E-state index >= 15 is 0 Å². The van der Waals surface area contributed by atoms with E-state index < -0.39 is 18.1 Å². The summed E-state index contributed by atoms with van der Waals surface area (Å²) < 4.78 is 34.7. The van der Waals surface area contributed by atoms with Crippen LogP contribution >= 0.6 is 0 Å². The number of rotatable bonds is 6. The zero-order valence-electron chi connectivity index (χ0n) is 17.8. The highest BCUT2D eigenvalue weighted by Gasteiger charge is 2.33. The van der Waals surface area contributed by atoms with Crippen molar-refractivity contribution in [3.05, 3.63) is 57.0 Å². The molecule has 0 saturated heterocycles. The number of ketones is 1. The highest BCUT2D eigenvalue weighted by molar-refractivity contribution is 6.02. The summed E-state index contributed by atoms with van der Waals surface area (Å²) in [5, 5.41) is 0. The van der Waals surface area contributed by atoms with Crippen LogP contribution < -0.4 is 15.0 Å². The number of aromatic nitrogens is 1. The first-order valence-corrected chi connectivity index (χ1v) is 9.67. The molecule has 1 aromatic carbocycles. The van der Waals surface area contributed by atoms with Crippen LogP contribution in [0.5, 0.6) is 11.5 Å². The van der Waals surface area contributed by atoms with Gasteiger partial charge < -0.3 is 19.4 Å². The van der Waals surface area contributed by atoms with Crippen molar-refractivity contribution < 1.29 is 27.8 Å². The molecule has 0 saturated carbocycles. The molecular formula is C22H24F2N2O5. The van der Waals surface area contributed by atoms with E-state index in [4.69, 9.17) is 4.74 Å². The van der Waals surface area contributed by atoms with Gasteiger partial charge in [-0.3, -0.25) is 14.4 Å². The Morgan fingerprint density at radius 2 is 1.90 bits per heavy atom. The van der Waals surface area contributed by atoms with Gasteiger partial charge in [-0.25, -0.2) is 0 Å². The van der Waals surface area contributed by atoms with E-state index in [1.807, 2.05) is 13.8 Å². The summed E-state index contributed by atoms with van der Waals surface area (Å²) in [7, 11) is 2.80. The second-order valence-corrected chi connectivity index (χ2v) is 8.37. The maximum Gasteiger partial charge on any atom is 0.387 e. The van der Waals surface area contributed by atoms with Crippen molar-refractivity contribution in [1.29, 1.82) is 0 Å². The molecule has 2 aromatic rings. The number of alkyl halides is 2. The molecule has 0 bridgehead atoms. The molecule has 1 amide bonds. The van der Waals surface area contributed by atoms with Crippen LogP contribution in [0.2, 0.25) is 0 Å². The van der Waals surface area contributed by atoms with E-state index in [-0.39, 0.29) is 34.8 Å². The number of hydrogen-bond acceptors (Lipinski definition) is 5. The highest BCUT2D eigenvalue weighted by atomic mass is 19.3. The molecule has 0 fully saturated rings. The van der Waals surface area contributed by atoms with E-state index in [2.05, 4.69) is 9.72 Å². The number of benzene rings is 1. The number of hydrogen-bond donors (Lipinski definition) is 1. The van der Waals surface area contributed by atoms with Crippen LogP contribution in [0.3, 0.4) is 0 Å². The fourth-order valence-corrected chi connectivity index (χ4v) is 3.75.